The van der Waals surface area contributed by atoms with Gasteiger partial charge in [-0.3, -0.25) is 4.90 Å². The molecule has 0 bridgehead atoms. The van der Waals surface area contributed by atoms with Gasteiger partial charge in [0, 0.05) is 40.3 Å². The van der Waals surface area contributed by atoms with Crippen molar-refractivity contribution in [1.29, 1.82) is 0 Å². The highest BCUT2D eigenvalue weighted by molar-refractivity contribution is 5.96. The van der Waals surface area contributed by atoms with Gasteiger partial charge < -0.3 is 14.7 Å². The van der Waals surface area contributed by atoms with Crippen molar-refractivity contribution < 1.29 is 4.79 Å². The molecule has 0 N–H and O–H groups in total. The van der Waals surface area contributed by atoms with E-state index in [1.54, 1.807) is 4.90 Å². The highest BCUT2D eigenvalue weighted by Crippen LogP contribution is 2.33. The normalized spacial score (nSPS) is 18.5. The Bertz CT molecular complexity index is 525. The molecule has 5 heteroatoms. The number of fused-ring (bicyclic) bond motifs is 1. The molecule has 2 aliphatic heterocycles. The van der Waals surface area contributed by atoms with Gasteiger partial charge in [-0.25, -0.2) is 4.79 Å². The molecular weight excluding hydrogens is 276 g/mol. The Morgan fingerprint density at radius 3 is 2.36 bits per heavy atom. The topological polar surface area (TPSA) is 30.0 Å². The second kappa shape index (κ2) is 6.57. The van der Waals surface area contributed by atoms with Crippen molar-refractivity contribution in [3.05, 3.63) is 24.3 Å². The summed E-state index contributed by atoms with van der Waals surface area (Å²) in [4.78, 5) is 20.9. The van der Waals surface area contributed by atoms with E-state index < -0.39 is 0 Å². The van der Waals surface area contributed by atoms with Gasteiger partial charge in [-0.2, -0.15) is 0 Å². The Kier molecular flexibility index (Phi) is 4.52. The minimum absolute atomic E-state index is 0.0617. The van der Waals surface area contributed by atoms with Crippen LogP contribution in [0.4, 0.5) is 16.2 Å². The molecule has 2 heterocycles. The first-order valence-corrected chi connectivity index (χ1v) is 8.22. The van der Waals surface area contributed by atoms with Crippen LogP contribution in [0.15, 0.2) is 24.3 Å². The summed E-state index contributed by atoms with van der Waals surface area (Å²) < 4.78 is 0. The molecule has 1 saturated heterocycles. The van der Waals surface area contributed by atoms with Gasteiger partial charge in [0.25, 0.3) is 0 Å². The molecule has 1 aromatic carbocycles. The van der Waals surface area contributed by atoms with Gasteiger partial charge in [0.05, 0.1) is 11.4 Å². The molecule has 0 spiro atoms. The van der Waals surface area contributed by atoms with Crippen molar-refractivity contribution in [3.63, 3.8) is 0 Å². The maximum atomic E-state index is 12.4. The minimum atomic E-state index is 0.0617. The zero-order chi connectivity index (χ0) is 15.5. The predicted molar refractivity (Wildman–Crippen MR) is 90.8 cm³/mol. The molecule has 0 saturated carbocycles. The smallest absolute Gasteiger partial charge is 0.324 e. The van der Waals surface area contributed by atoms with Gasteiger partial charge in [-0.1, -0.05) is 12.1 Å². The van der Waals surface area contributed by atoms with E-state index in [1.807, 2.05) is 25.1 Å². The zero-order valence-electron chi connectivity index (χ0n) is 13.7. The summed E-state index contributed by atoms with van der Waals surface area (Å²) in [5, 5.41) is 0. The number of amides is 2. The molecule has 0 aliphatic carbocycles. The third kappa shape index (κ3) is 3.04. The summed E-state index contributed by atoms with van der Waals surface area (Å²) in [6.07, 6.45) is 2.67. The molecule has 0 unspecified atom stereocenters. The van der Waals surface area contributed by atoms with Crippen LogP contribution in [0.25, 0.3) is 0 Å². The molecule has 22 heavy (non-hydrogen) atoms. The lowest BCUT2D eigenvalue weighted by molar-refractivity contribution is 0.223. The van der Waals surface area contributed by atoms with Crippen molar-refractivity contribution in [2.75, 3.05) is 63.2 Å². The summed E-state index contributed by atoms with van der Waals surface area (Å²) >= 11 is 0. The standard InChI is InChI=1S/C17H26N4O/c1-18(2)17(22)21-14-13-20(12-11-19-9-5-6-10-19)15-7-3-4-8-16(15)21/h3-4,7-8H,5-6,9-14H2,1-2H3. The Balaban J connectivity index is 1.74. The number of para-hydroxylation sites is 2. The number of anilines is 2. The fourth-order valence-electron chi connectivity index (χ4n) is 3.36. The van der Waals surface area contributed by atoms with E-state index in [-0.39, 0.29) is 6.03 Å². The average molecular weight is 302 g/mol. The van der Waals surface area contributed by atoms with Crippen molar-refractivity contribution in [1.82, 2.24) is 9.80 Å². The number of hydrogen-bond acceptors (Lipinski definition) is 3. The number of benzene rings is 1. The Hall–Kier alpha value is -1.75. The van der Waals surface area contributed by atoms with Crippen LogP contribution in [0.5, 0.6) is 0 Å². The van der Waals surface area contributed by atoms with E-state index in [0.717, 1.165) is 31.9 Å². The molecule has 3 rings (SSSR count). The maximum Gasteiger partial charge on any atom is 0.324 e. The van der Waals surface area contributed by atoms with Crippen LogP contribution >= 0.6 is 0 Å². The second-order valence-electron chi connectivity index (χ2n) is 6.35. The van der Waals surface area contributed by atoms with E-state index >= 15 is 0 Å². The third-order valence-corrected chi connectivity index (χ3v) is 4.61. The average Bonchev–Trinajstić information content (AvgIpc) is 3.05. The number of carbonyl (C=O) groups is 1. The van der Waals surface area contributed by atoms with Gasteiger partial charge >= 0.3 is 6.03 Å². The monoisotopic (exact) mass is 302 g/mol. The molecule has 2 amide bonds. The lowest BCUT2D eigenvalue weighted by Crippen LogP contribution is -2.49. The van der Waals surface area contributed by atoms with E-state index in [0.29, 0.717) is 0 Å². The van der Waals surface area contributed by atoms with Crippen LogP contribution in [0.2, 0.25) is 0 Å². The fraction of sp³-hybridized carbons (Fsp3) is 0.588. The number of likely N-dealkylation sites (tertiary alicyclic amines) is 1. The second-order valence-corrected chi connectivity index (χ2v) is 6.35. The highest BCUT2D eigenvalue weighted by Gasteiger charge is 2.27. The summed E-state index contributed by atoms with van der Waals surface area (Å²) in [7, 11) is 3.62. The van der Waals surface area contributed by atoms with Crippen molar-refractivity contribution in [3.8, 4) is 0 Å². The molecule has 5 nitrogen and oxygen atoms in total. The number of urea groups is 1. The first-order valence-electron chi connectivity index (χ1n) is 8.22. The van der Waals surface area contributed by atoms with E-state index in [4.69, 9.17) is 0 Å². The number of carbonyl (C=O) groups excluding carboxylic acids is 1. The van der Waals surface area contributed by atoms with E-state index in [9.17, 15) is 4.79 Å². The number of rotatable bonds is 3. The SMILES string of the molecule is CN(C)C(=O)N1CCN(CCN2CCCC2)c2ccccc21. The Morgan fingerprint density at radius 2 is 1.68 bits per heavy atom. The Labute approximate surface area is 133 Å². The van der Waals surface area contributed by atoms with Gasteiger partial charge in [0.1, 0.15) is 0 Å². The largest absolute Gasteiger partial charge is 0.367 e. The van der Waals surface area contributed by atoms with Crippen LogP contribution in [-0.4, -0.2) is 69.2 Å². The number of nitrogens with zero attached hydrogens (tertiary/aromatic N) is 4. The molecule has 0 radical (unpaired) electrons. The lowest BCUT2D eigenvalue weighted by Gasteiger charge is -2.39. The molecule has 1 aromatic rings. The van der Waals surface area contributed by atoms with E-state index in [1.165, 1.54) is 31.6 Å². The molecule has 120 valence electrons. The first kappa shape index (κ1) is 15.2. The quantitative estimate of drug-likeness (QED) is 0.856. The van der Waals surface area contributed by atoms with Gasteiger partial charge in [-0.15, -0.1) is 0 Å². The van der Waals surface area contributed by atoms with Crippen molar-refractivity contribution in [2.24, 2.45) is 0 Å². The molecular formula is C17H26N4O. The van der Waals surface area contributed by atoms with Gasteiger partial charge in [0.15, 0.2) is 0 Å². The highest BCUT2D eigenvalue weighted by atomic mass is 16.2. The van der Waals surface area contributed by atoms with Gasteiger partial charge in [-0.05, 0) is 38.1 Å². The third-order valence-electron chi connectivity index (χ3n) is 4.61. The van der Waals surface area contributed by atoms with Crippen LogP contribution in [-0.2, 0) is 0 Å². The molecule has 0 atom stereocenters. The van der Waals surface area contributed by atoms with Crippen molar-refractivity contribution >= 4 is 17.4 Å². The van der Waals surface area contributed by atoms with Gasteiger partial charge in [0.2, 0.25) is 0 Å². The van der Waals surface area contributed by atoms with Crippen LogP contribution in [0.3, 0.4) is 0 Å². The molecule has 0 aromatic heterocycles. The zero-order valence-corrected chi connectivity index (χ0v) is 13.7. The predicted octanol–water partition coefficient (Wildman–Crippen LogP) is 2.09. The fourth-order valence-corrected chi connectivity index (χ4v) is 3.36. The van der Waals surface area contributed by atoms with Crippen LogP contribution in [0, 0.1) is 0 Å². The van der Waals surface area contributed by atoms with Crippen molar-refractivity contribution in [2.45, 2.75) is 12.8 Å². The summed E-state index contributed by atoms with van der Waals surface area (Å²) in [5.74, 6) is 0. The summed E-state index contributed by atoms with van der Waals surface area (Å²) in [5.41, 5.74) is 2.22. The number of hydrogen-bond donors (Lipinski definition) is 0. The molecule has 2 aliphatic rings. The lowest BCUT2D eigenvalue weighted by atomic mass is 10.1. The first-order chi connectivity index (χ1) is 10.7. The minimum Gasteiger partial charge on any atom is -0.367 e. The van der Waals surface area contributed by atoms with Crippen LogP contribution < -0.4 is 9.80 Å². The van der Waals surface area contributed by atoms with E-state index in [2.05, 4.69) is 28.0 Å². The van der Waals surface area contributed by atoms with Crippen LogP contribution in [0.1, 0.15) is 12.8 Å². The summed E-state index contributed by atoms with van der Waals surface area (Å²) in [6.45, 7) is 6.30. The summed E-state index contributed by atoms with van der Waals surface area (Å²) in [6, 6.07) is 8.32. The Morgan fingerprint density at radius 1 is 1.00 bits per heavy atom. The maximum absolute atomic E-state index is 12.4. The molecule has 1 fully saturated rings.